The number of aryl methyl sites for hydroxylation is 1. The summed E-state index contributed by atoms with van der Waals surface area (Å²) in [5.74, 6) is 0.170. The molecule has 0 saturated carbocycles. The number of rotatable bonds is 5. The molecular formula is C19H22N2O4S. The summed E-state index contributed by atoms with van der Waals surface area (Å²) in [7, 11) is -2.35. The van der Waals surface area contributed by atoms with Crippen molar-refractivity contribution in [2.45, 2.75) is 24.7 Å². The standard InChI is InChI=1S/C19H22N2O4S/c1-14-7-3-4-8-17(14)20-26(23,24)15-9-10-18(25-2)16(13-15)19(22)21-11-5-6-12-21/h3-4,7-10,13,20H,5-6,11-12H2,1-2H3. The fraction of sp³-hybridized carbons (Fsp3) is 0.316. The number of sulfonamides is 1. The monoisotopic (exact) mass is 374 g/mol. The van der Waals surface area contributed by atoms with E-state index in [0.29, 0.717) is 24.5 Å². The molecule has 1 amide bonds. The van der Waals surface area contributed by atoms with Crippen molar-refractivity contribution in [3.63, 3.8) is 0 Å². The summed E-state index contributed by atoms with van der Waals surface area (Å²) in [4.78, 5) is 14.5. The second-order valence-corrected chi connectivity index (χ2v) is 7.96. The Hall–Kier alpha value is -2.54. The highest BCUT2D eigenvalue weighted by molar-refractivity contribution is 7.92. The fourth-order valence-corrected chi connectivity index (χ4v) is 4.16. The minimum absolute atomic E-state index is 0.0316. The van der Waals surface area contributed by atoms with E-state index in [2.05, 4.69) is 4.72 Å². The van der Waals surface area contributed by atoms with Crippen LogP contribution >= 0.6 is 0 Å². The topological polar surface area (TPSA) is 75.7 Å². The van der Waals surface area contributed by atoms with Crippen molar-refractivity contribution < 1.29 is 17.9 Å². The van der Waals surface area contributed by atoms with E-state index in [1.165, 1.54) is 25.3 Å². The van der Waals surface area contributed by atoms with Gasteiger partial charge in [0.1, 0.15) is 5.75 Å². The first-order valence-electron chi connectivity index (χ1n) is 8.48. The van der Waals surface area contributed by atoms with E-state index in [4.69, 9.17) is 4.74 Å². The predicted octanol–water partition coefficient (Wildman–Crippen LogP) is 3.04. The lowest BCUT2D eigenvalue weighted by Crippen LogP contribution is -2.28. The number of carbonyl (C=O) groups is 1. The van der Waals surface area contributed by atoms with Crippen LogP contribution in [0.3, 0.4) is 0 Å². The van der Waals surface area contributed by atoms with Crippen molar-refractivity contribution in [1.29, 1.82) is 0 Å². The minimum atomic E-state index is -3.82. The summed E-state index contributed by atoms with van der Waals surface area (Å²) >= 11 is 0. The van der Waals surface area contributed by atoms with Gasteiger partial charge in [-0.15, -0.1) is 0 Å². The normalized spacial score (nSPS) is 14.3. The van der Waals surface area contributed by atoms with Gasteiger partial charge in [0.05, 0.1) is 23.3 Å². The molecule has 1 aliphatic heterocycles. The number of carbonyl (C=O) groups excluding carboxylic acids is 1. The van der Waals surface area contributed by atoms with Crippen LogP contribution in [0.4, 0.5) is 5.69 Å². The molecule has 0 bridgehead atoms. The maximum absolute atomic E-state index is 12.8. The quantitative estimate of drug-likeness (QED) is 0.873. The first kappa shape index (κ1) is 18.3. The first-order valence-corrected chi connectivity index (χ1v) is 9.96. The average molecular weight is 374 g/mol. The van der Waals surface area contributed by atoms with Gasteiger partial charge in [-0.05, 0) is 49.6 Å². The molecule has 0 atom stereocenters. The molecular weight excluding hydrogens is 352 g/mol. The lowest BCUT2D eigenvalue weighted by atomic mass is 10.1. The van der Waals surface area contributed by atoms with Crippen molar-refractivity contribution in [1.82, 2.24) is 4.90 Å². The van der Waals surface area contributed by atoms with Gasteiger partial charge in [-0.2, -0.15) is 0 Å². The lowest BCUT2D eigenvalue weighted by molar-refractivity contribution is 0.0789. The molecule has 1 saturated heterocycles. The van der Waals surface area contributed by atoms with Gasteiger partial charge in [-0.25, -0.2) is 8.42 Å². The number of ether oxygens (including phenoxy) is 1. The number of methoxy groups -OCH3 is 1. The van der Waals surface area contributed by atoms with Crippen LogP contribution in [0.5, 0.6) is 5.75 Å². The van der Waals surface area contributed by atoms with Crippen LogP contribution in [0, 0.1) is 6.92 Å². The smallest absolute Gasteiger partial charge is 0.261 e. The minimum Gasteiger partial charge on any atom is -0.496 e. The Morgan fingerprint density at radius 2 is 1.81 bits per heavy atom. The van der Waals surface area contributed by atoms with Crippen molar-refractivity contribution in [2.24, 2.45) is 0 Å². The van der Waals surface area contributed by atoms with E-state index in [-0.39, 0.29) is 16.4 Å². The Labute approximate surface area is 153 Å². The van der Waals surface area contributed by atoms with E-state index in [1.807, 2.05) is 19.1 Å². The van der Waals surface area contributed by atoms with Crippen LogP contribution in [0.15, 0.2) is 47.4 Å². The van der Waals surface area contributed by atoms with Crippen LogP contribution in [-0.2, 0) is 10.0 Å². The largest absolute Gasteiger partial charge is 0.496 e. The van der Waals surface area contributed by atoms with Gasteiger partial charge in [0.15, 0.2) is 0 Å². The second kappa shape index (κ2) is 7.37. The van der Waals surface area contributed by atoms with E-state index in [1.54, 1.807) is 17.0 Å². The van der Waals surface area contributed by atoms with E-state index >= 15 is 0 Å². The number of hydrogen-bond acceptors (Lipinski definition) is 4. The van der Waals surface area contributed by atoms with Gasteiger partial charge in [0, 0.05) is 13.1 Å². The molecule has 26 heavy (non-hydrogen) atoms. The molecule has 0 unspecified atom stereocenters. The highest BCUT2D eigenvalue weighted by atomic mass is 32.2. The molecule has 2 aromatic rings. The average Bonchev–Trinajstić information content (AvgIpc) is 3.17. The molecule has 1 N–H and O–H groups in total. The van der Waals surface area contributed by atoms with Gasteiger partial charge in [-0.3, -0.25) is 9.52 Å². The van der Waals surface area contributed by atoms with Gasteiger partial charge in [0.2, 0.25) is 0 Å². The van der Waals surface area contributed by atoms with Crippen molar-refractivity contribution in [3.8, 4) is 5.75 Å². The van der Waals surface area contributed by atoms with Crippen molar-refractivity contribution in [2.75, 3.05) is 24.9 Å². The molecule has 0 spiro atoms. The molecule has 0 aromatic heterocycles. The summed E-state index contributed by atoms with van der Waals surface area (Å²) in [5.41, 5.74) is 1.59. The molecule has 6 nitrogen and oxygen atoms in total. The lowest BCUT2D eigenvalue weighted by Gasteiger charge is -2.18. The zero-order valence-corrected chi connectivity index (χ0v) is 15.7. The number of nitrogens with zero attached hydrogens (tertiary/aromatic N) is 1. The second-order valence-electron chi connectivity index (χ2n) is 6.28. The Balaban J connectivity index is 1.96. The van der Waals surface area contributed by atoms with Crippen LogP contribution in [0.25, 0.3) is 0 Å². The molecule has 3 rings (SSSR count). The van der Waals surface area contributed by atoms with E-state index < -0.39 is 10.0 Å². The SMILES string of the molecule is COc1ccc(S(=O)(=O)Nc2ccccc2C)cc1C(=O)N1CCCC1. The van der Waals surface area contributed by atoms with Crippen LogP contribution in [0.2, 0.25) is 0 Å². The van der Waals surface area contributed by atoms with Gasteiger partial charge in [-0.1, -0.05) is 18.2 Å². The number of nitrogens with one attached hydrogen (secondary N) is 1. The molecule has 138 valence electrons. The third-order valence-corrected chi connectivity index (χ3v) is 5.86. The van der Waals surface area contributed by atoms with E-state index in [9.17, 15) is 13.2 Å². The Morgan fingerprint density at radius 3 is 2.46 bits per heavy atom. The number of benzene rings is 2. The van der Waals surface area contributed by atoms with Crippen molar-refractivity contribution >= 4 is 21.6 Å². The fourth-order valence-electron chi connectivity index (χ4n) is 3.00. The molecule has 0 aliphatic carbocycles. The first-order chi connectivity index (χ1) is 12.4. The van der Waals surface area contributed by atoms with Crippen molar-refractivity contribution in [3.05, 3.63) is 53.6 Å². The van der Waals surface area contributed by atoms with E-state index in [0.717, 1.165) is 18.4 Å². The van der Waals surface area contributed by atoms with Crippen LogP contribution in [0.1, 0.15) is 28.8 Å². The third-order valence-electron chi connectivity index (χ3n) is 4.49. The maximum Gasteiger partial charge on any atom is 0.261 e. The summed E-state index contributed by atoms with van der Waals surface area (Å²) in [5, 5.41) is 0. The highest BCUT2D eigenvalue weighted by Gasteiger charge is 2.25. The Kier molecular flexibility index (Phi) is 5.18. The predicted molar refractivity (Wildman–Crippen MR) is 100 cm³/mol. The number of likely N-dealkylation sites (tertiary alicyclic amines) is 1. The summed E-state index contributed by atoms with van der Waals surface area (Å²) in [6, 6.07) is 11.5. The molecule has 2 aromatic carbocycles. The third kappa shape index (κ3) is 3.67. The molecule has 1 heterocycles. The van der Waals surface area contributed by atoms with Crippen LogP contribution < -0.4 is 9.46 Å². The number of para-hydroxylation sites is 1. The van der Waals surface area contributed by atoms with Gasteiger partial charge < -0.3 is 9.64 Å². The Bertz CT molecular complexity index is 919. The highest BCUT2D eigenvalue weighted by Crippen LogP contribution is 2.27. The summed E-state index contributed by atoms with van der Waals surface area (Å²) in [6.07, 6.45) is 1.92. The summed E-state index contributed by atoms with van der Waals surface area (Å²) < 4.78 is 33.4. The zero-order valence-electron chi connectivity index (χ0n) is 14.9. The van der Waals surface area contributed by atoms with Gasteiger partial charge in [0.25, 0.3) is 15.9 Å². The maximum atomic E-state index is 12.8. The Morgan fingerprint density at radius 1 is 1.12 bits per heavy atom. The zero-order chi connectivity index (χ0) is 18.7. The molecule has 0 radical (unpaired) electrons. The summed E-state index contributed by atoms with van der Waals surface area (Å²) in [6.45, 7) is 3.19. The number of amides is 1. The number of anilines is 1. The van der Waals surface area contributed by atoms with Crippen LogP contribution in [-0.4, -0.2) is 39.4 Å². The molecule has 7 heteroatoms. The molecule has 1 aliphatic rings. The van der Waals surface area contributed by atoms with Gasteiger partial charge >= 0.3 is 0 Å². The molecule has 1 fully saturated rings. The number of hydrogen-bond donors (Lipinski definition) is 1.